The summed E-state index contributed by atoms with van der Waals surface area (Å²) in [4.78, 5) is 31.7. The molecule has 2 aromatic carbocycles. The number of halogens is 1. The van der Waals surface area contributed by atoms with E-state index in [-0.39, 0.29) is 37.0 Å². The van der Waals surface area contributed by atoms with Crippen LogP contribution in [0.5, 0.6) is 5.75 Å². The van der Waals surface area contributed by atoms with Gasteiger partial charge in [-0.15, -0.1) is 0 Å². The number of sulfonamides is 1. The topological polar surface area (TPSA) is 118 Å². The largest absolute Gasteiger partial charge is 0.484 e. The number of morpholine rings is 1. The summed E-state index contributed by atoms with van der Waals surface area (Å²) in [6.07, 6.45) is 3.27. The molecule has 12 heteroatoms. The van der Waals surface area contributed by atoms with E-state index in [9.17, 15) is 22.4 Å². The van der Waals surface area contributed by atoms with Crippen molar-refractivity contribution in [3.05, 3.63) is 90.0 Å². The van der Waals surface area contributed by atoms with Crippen LogP contribution in [0.2, 0.25) is 0 Å². The maximum atomic E-state index is 13.4. The second-order valence-corrected chi connectivity index (χ2v) is 11.1. The van der Waals surface area contributed by atoms with E-state index >= 15 is 0 Å². The summed E-state index contributed by atoms with van der Waals surface area (Å²) in [5.74, 6) is -0.966. The van der Waals surface area contributed by atoms with Gasteiger partial charge in [0.1, 0.15) is 17.6 Å². The molecule has 2 heterocycles. The summed E-state index contributed by atoms with van der Waals surface area (Å²) in [5.41, 5.74) is 1.45. The molecule has 1 N–H and O–H groups in total. The minimum atomic E-state index is -3.66. The van der Waals surface area contributed by atoms with Gasteiger partial charge < -0.3 is 19.7 Å². The van der Waals surface area contributed by atoms with Gasteiger partial charge in [0.15, 0.2) is 6.61 Å². The van der Waals surface area contributed by atoms with Crippen molar-refractivity contribution in [2.24, 2.45) is 0 Å². The predicted octanol–water partition coefficient (Wildman–Crippen LogP) is 2.35. The number of rotatable bonds is 11. The van der Waals surface area contributed by atoms with Crippen LogP contribution in [0.3, 0.4) is 0 Å². The molecular formula is C28H31FN4O6S. The van der Waals surface area contributed by atoms with E-state index in [1.165, 1.54) is 45.6 Å². The summed E-state index contributed by atoms with van der Waals surface area (Å²) in [7, 11) is -3.66. The molecule has 0 spiro atoms. The number of carbonyl (C=O) groups excluding carboxylic acids is 2. The van der Waals surface area contributed by atoms with Crippen molar-refractivity contribution < 1.29 is 31.9 Å². The lowest BCUT2D eigenvalue weighted by atomic mass is 10.1. The highest BCUT2D eigenvalue weighted by atomic mass is 32.2. The van der Waals surface area contributed by atoms with Crippen molar-refractivity contribution in [3.63, 3.8) is 0 Å². The third kappa shape index (κ3) is 7.62. The Hall–Kier alpha value is -3.87. The molecule has 1 aliphatic heterocycles. The first-order valence-electron chi connectivity index (χ1n) is 12.8. The maximum Gasteiger partial charge on any atom is 0.261 e. The van der Waals surface area contributed by atoms with Crippen LogP contribution in [-0.2, 0) is 37.4 Å². The highest BCUT2D eigenvalue weighted by Gasteiger charge is 2.28. The molecule has 1 fully saturated rings. The number of amides is 2. The minimum absolute atomic E-state index is 0.0562. The fourth-order valence-corrected chi connectivity index (χ4v) is 5.49. The van der Waals surface area contributed by atoms with Gasteiger partial charge in [-0.1, -0.05) is 18.2 Å². The third-order valence-corrected chi connectivity index (χ3v) is 8.33. The molecule has 0 aliphatic carbocycles. The quantitative estimate of drug-likeness (QED) is 0.376. The van der Waals surface area contributed by atoms with Gasteiger partial charge in [-0.2, -0.15) is 4.31 Å². The number of pyridine rings is 1. The first-order chi connectivity index (χ1) is 19.2. The van der Waals surface area contributed by atoms with Crippen molar-refractivity contribution in [1.82, 2.24) is 19.5 Å². The van der Waals surface area contributed by atoms with Gasteiger partial charge in [-0.05, 0) is 60.5 Å². The molecule has 2 amide bonds. The van der Waals surface area contributed by atoms with Gasteiger partial charge in [0.05, 0.1) is 18.1 Å². The zero-order chi connectivity index (χ0) is 28.5. The summed E-state index contributed by atoms with van der Waals surface area (Å²) >= 11 is 0. The average Bonchev–Trinajstić information content (AvgIpc) is 2.99. The van der Waals surface area contributed by atoms with E-state index in [0.717, 1.165) is 5.56 Å². The van der Waals surface area contributed by atoms with Gasteiger partial charge >= 0.3 is 0 Å². The smallest absolute Gasteiger partial charge is 0.261 e. The van der Waals surface area contributed by atoms with Crippen LogP contribution in [0.1, 0.15) is 18.1 Å². The van der Waals surface area contributed by atoms with E-state index in [1.54, 1.807) is 37.5 Å². The molecule has 10 nitrogen and oxygen atoms in total. The average molecular weight is 571 g/mol. The highest BCUT2D eigenvalue weighted by Crippen LogP contribution is 2.21. The van der Waals surface area contributed by atoms with Crippen molar-refractivity contribution in [2.75, 3.05) is 32.9 Å². The Kier molecular flexibility index (Phi) is 9.80. The Morgan fingerprint density at radius 3 is 2.42 bits per heavy atom. The van der Waals surface area contributed by atoms with Gasteiger partial charge in [0.2, 0.25) is 15.9 Å². The molecule has 4 rings (SSSR count). The van der Waals surface area contributed by atoms with Gasteiger partial charge in [0.25, 0.3) is 5.91 Å². The SMILES string of the molecule is C[C@@H](C(=O)NCc1cccnc1)N(Cc1ccc(F)cc1)C(=O)COc1ccc(S(=O)(=O)N2CCOCC2)cc1. The molecule has 1 aliphatic rings. The van der Waals surface area contributed by atoms with E-state index in [4.69, 9.17) is 9.47 Å². The Labute approximate surface area is 232 Å². The number of benzene rings is 2. The van der Waals surface area contributed by atoms with Crippen molar-refractivity contribution in [2.45, 2.75) is 31.0 Å². The standard InChI is InChI=1S/C28H31FN4O6S/c1-21(28(35)31-18-23-3-2-12-30-17-23)33(19-22-4-6-24(29)7-5-22)27(34)20-39-25-8-10-26(11-9-25)40(36,37)32-13-15-38-16-14-32/h2-12,17,21H,13-16,18-20H2,1H3,(H,31,35)/t21-/m0/s1. The molecule has 0 radical (unpaired) electrons. The Morgan fingerprint density at radius 1 is 1.07 bits per heavy atom. The lowest BCUT2D eigenvalue weighted by Gasteiger charge is -2.29. The molecule has 1 saturated heterocycles. The number of nitrogens with one attached hydrogen (secondary N) is 1. The fraction of sp³-hybridized carbons (Fsp3) is 0.321. The summed E-state index contributed by atoms with van der Waals surface area (Å²) in [6.45, 7) is 2.77. The van der Waals surface area contributed by atoms with E-state index in [1.807, 2.05) is 6.07 Å². The van der Waals surface area contributed by atoms with Gasteiger partial charge in [-0.3, -0.25) is 14.6 Å². The Morgan fingerprint density at radius 2 is 1.77 bits per heavy atom. The second kappa shape index (κ2) is 13.5. The third-order valence-electron chi connectivity index (χ3n) is 6.42. The molecule has 3 aromatic rings. The molecule has 40 heavy (non-hydrogen) atoms. The van der Waals surface area contributed by atoms with E-state index < -0.39 is 34.4 Å². The normalized spacial score (nSPS) is 14.8. The minimum Gasteiger partial charge on any atom is -0.484 e. The molecule has 0 bridgehead atoms. The van der Waals surface area contributed by atoms with Crippen molar-refractivity contribution in [1.29, 1.82) is 0 Å². The zero-order valence-electron chi connectivity index (χ0n) is 22.0. The summed E-state index contributed by atoms with van der Waals surface area (Å²) in [6, 6.07) is 14.2. The van der Waals surface area contributed by atoms with E-state index in [2.05, 4.69) is 10.3 Å². The molecule has 0 unspecified atom stereocenters. The Balaban J connectivity index is 1.41. The zero-order valence-corrected chi connectivity index (χ0v) is 22.8. The monoisotopic (exact) mass is 570 g/mol. The van der Waals surface area contributed by atoms with Crippen LogP contribution >= 0.6 is 0 Å². The lowest BCUT2D eigenvalue weighted by Crippen LogP contribution is -2.48. The molecule has 1 atom stereocenters. The second-order valence-electron chi connectivity index (χ2n) is 9.18. The van der Waals surface area contributed by atoms with Crippen LogP contribution in [-0.4, -0.2) is 73.4 Å². The molecule has 1 aromatic heterocycles. The first-order valence-corrected chi connectivity index (χ1v) is 14.2. The van der Waals surface area contributed by atoms with Crippen LogP contribution in [0.4, 0.5) is 4.39 Å². The summed E-state index contributed by atoms with van der Waals surface area (Å²) < 4.78 is 51.4. The van der Waals surface area contributed by atoms with Crippen LogP contribution in [0.15, 0.2) is 78.0 Å². The predicted molar refractivity (Wildman–Crippen MR) is 144 cm³/mol. The number of carbonyl (C=O) groups is 2. The molecular weight excluding hydrogens is 539 g/mol. The number of ether oxygens (including phenoxy) is 2. The molecule has 0 saturated carbocycles. The maximum absolute atomic E-state index is 13.4. The van der Waals surface area contributed by atoms with Crippen LogP contribution < -0.4 is 10.1 Å². The van der Waals surface area contributed by atoms with Crippen LogP contribution in [0, 0.1) is 5.82 Å². The number of hydrogen-bond acceptors (Lipinski definition) is 7. The number of aromatic nitrogens is 1. The Bertz CT molecular complexity index is 1380. The molecule has 212 valence electrons. The van der Waals surface area contributed by atoms with Crippen LogP contribution in [0.25, 0.3) is 0 Å². The van der Waals surface area contributed by atoms with Gasteiger partial charge in [-0.25, -0.2) is 12.8 Å². The summed E-state index contributed by atoms with van der Waals surface area (Å²) in [5, 5.41) is 2.81. The highest BCUT2D eigenvalue weighted by molar-refractivity contribution is 7.89. The fourth-order valence-electron chi connectivity index (χ4n) is 4.08. The lowest BCUT2D eigenvalue weighted by molar-refractivity contribution is -0.142. The van der Waals surface area contributed by atoms with Gasteiger partial charge in [0, 0.05) is 38.6 Å². The number of nitrogens with zero attached hydrogens (tertiary/aromatic N) is 3. The van der Waals surface area contributed by atoms with Crippen molar-refractivity contribution in [3.8, 4) is 5.75 Å². The van der Waals surface area contributed by atoms with Crippen molar-refractivity contribution >= 4 is 21.8 Å². The first kappa shape index (κ1) is 29.1. The van der Waals surface area contributed by atoms with E-state index in [0.29, 0.717) is 24.5 Å². The number of hydrogen-bond donors (Lipinski definition) is 1.